The van der Waals surface area contributed by atoms with Crippen LogP contribution in [0.3, 0.4) is 0 Å². The fourth-order valence-corrected chi connectivity index (χ4v) is 4.72. The summed E-state index contributed by atoms with van der Waals surface area (Å²) in [6.45, 7) is 2.36. The van der Waals surface area contributed by atoms with Crippen molar-refractivity contribution >= 4 is 25.7 Å². The molecule has 0 radical (unpaired) electrons. The second-order valence-electron chi connectivity index (χ2n) is 11.0. The van der Waals surface area contributed by atoms with Crippen molar-refractivity contribution < 1.29 is 47.8 Å². The van der Waals surface area contributed by atoms with Gasteiger partial charge in [0, 0.05) is 12.8 Å². The van der Waals surface area contributed by atoms with Crippen molar-refractivity contribution in [2.45, 2.75) is 129 Å². The summed E-state index contributed by atoms with van der Waals surface area (Å²) in [6.07, 6.45) is 29.2. The zero-order valence-corrected chi connectivity index (χ0v) is 28.7. The zero-order chi connectivity index (χ0) is 34.3. The van der Waals surface area contributed by atoms with E-state index in [2.05, 4.69) is 60.1 Å². The van der Waals surface area contributed by atoms with Crippen LogP contribution in [0.25, 0.3) is 0 Å². The molecule has 0 fully saturated rings. The summed E-state index contributed by atoms with van der Waals surface area (Å²) in [6, 6.07) is -1.57. The van der Waals surface area contributed by atoms with Crippen molar-refractivity contribution in [3.05, 3.63) is 48.6 Å². The lowest BCUT2D eigenvalue weighted by Gasteiger charge is -2.18. The lowest BCUT2D eigenvalue weighted by Crippen LogP contribution is -2.43. The van der Waals surface area contributed by atoms with Crippen LogP contribution >= 0.6 is 7.82 Å². The Hall–Kier alpha value is -2.56. The molecule has 0 saturated carbocycles. The molecule has 0 rings (SSSR count). The highest BCUT2D eigenvalue weighted by molar-refractivity contribution is 7.47. The van der Waals surface area contributed by atoms with Crippen molar-refractivity contribution in [2.24, 2.45) is 0 Å². The van der Waals surface area contributed by atoms with Gasteiger partial charge in [-0.3, -0.25) is 18.6 Å². The van der Waals surface area contributed by atoms with E-state index in [0.29, 0.717) is 19.3 Å². The number of aliphatic carboxylic acids is 1. The van der Waals surface area contributed by atoms with E-state index in [1.807, 2.05) is 12.2 Å². The van der Waals surface area contributed by atoms with Crippen LogP contribution in [-0.4, -0.2) is 64.9 Å². The molecule has 3 atom stereocenters. The van der Waals surface area contributed by atoms with E-state index >= 15 is 0 Å². The van der Waals surface area contributed by atoms with Gasteiger partial charge in [0.2, 0.25) is 5.91 Å². The number of allylic oxidation sites excluding steroid dienone is 8. The standard InChI is InChI=1S/C34H58NO10P/c1-3-5-7-9-10-11-12-13-14-15-16-17-18-19-20-22-23-25-32(37)35-31(34(39)40)29-45-46(41,42)44-28-30(36)27-43-33(38)26-24-21-8-6-4-2/h10-11,13-14,16-17,19-20,30-31,36H,3-9,12,15,18,21-29H2,1-2H3,(H,35,37)(H,39,40)(H,41,42)/b11-10-,14-13-,17-16-,20-19-. The number of esters is 1. The molecule has 46 heavy (non-hydrogen) atoms. The number of amides is 1. The molecule has 0 aromatic carbocycles. The van der Waals surface area contributed by atoms with Crippen LogP contribution in [0.4, 0.5) is 0 Å². The van der Waals surface area contributed by atoms with Crippen LogP contribution in [-0.2, 0) is 32.7 Å². The quantitative estimate of drug-likeness (QED) is 0.0267. The molecule has 12 heteroatoms. The van der Waals surface area contributed by atoms with Gasteiger partial charge in [0.15, 0.2) is 6.04 Å². The third kappa shape index (κ3) is 28.9. The van der Waals surface area contributed by atoms with Crippen molar-refractivity contribution in [2.75, 3.05) is 19.8 Å². The minimum Gasteiger partial charge on any atom is -0.480 e. The molecule has 4 N–H and O–H groups in total. The number of rotatable bonds is 30. The largest absolute Gasteiger partial charge is 0.480 e. The Morgan fingerprint density at radius 2 is 1.22 bits per heavy atom. The molecule has 1 amide bonds. The summed E-state index contributed by atoms with van der Waals surface area (Å²) >= 11 is 0. The van der Waals surface area contributed by atoms with E-state index in [9.17, 15) is 34.1 Å². The number of aliphatic hydroxyl groups is 1. The van der Waals surface area contributed by atoms with Gasteiger partial charge in [-0.05, 0) is 51.4 Å². The fourth-order valence-electron chi connectivity index (χ4n) is 3.95. The van der Waals surface area contributed by atoms with Gasteiger partial charge < -0.3 is 25.2 Å². The second-order valence-corrected chi connectivity index (χ2v) is 12.5. The molecule has 0 aliphatic carbocycles. The lowest BCUT2D eigenvalue weighted by atomic mass is 10.1. The number of nitrogens with one attached hydrogen (secondary N) is 1. The summed E-state index contributed by atoms with van der Waals surface area (Å²) in [5.74, 6) is -2.48. The van der Waals surface area contributed by atoms with E-state index in [0.717, 1.165) is 51.4 Å². The number of hydrogen-bond acceptors (Lipinski definition) is 8. The van der Waals surface area contributed by atoms with Crippen LogP contribution in [0.1, 0.15) is 117 Å². The number of carbonyl (C=O) groups is 3. The predicted octanol–water partition coefficient (Wildman–Crippen LogP) is 7.10. The van der Waals surface area contributed by atoms with Gasteiger partial charge in [0.05, 0.1) is 13.2 Å². The maximum atomic E-state index is 12.2. The Morgan fingerprint density at radius 3 is 1.80 bits per heavy atom. The van der Waals surface area contributed by atoms with Crippen LogP contribution < -0.4 is 5.32 Å². The van der Waals surface area contributed by atoms with Gasteiger partial charge in [-0.2, -0.15) is 0 Å². The Morgan fingerprint density at radius 1 is 0.696 bits per heavy atom. The fraction of sp³-hybridized carbons (Fsp3) is 0.676. The van der Waals surface area contributed by atoms with Gasteiger partial charge >= 0.3 is 19.8 Å². The highest BCUT2D eigenvalue weighted by Gasteiger charge is 2.28. The van der Waals surface area contributed by atoms with E-state index < -0.39 is 57.6 Å². The Labute approximate surface area is 275 Å². The number of phosphoric ester groups is 1. The smallest absolute Gasteiger partial charge is 0.472 e. The highest BCUT2D eigenvalue weighted by Crippen LogP contribution is 2.43. The monoisotopic (exact) mass is 671 g/mol. The number of carbonyl (C=O) groups excluding carboxylic acids is 2. The molecule has 0 aromatic heterocycles. The predicted molar refractivity (Wildman–Crippen MR) is 180 cm³/mol. The lowest BCUT2D eigenvalue weighted by molar-refractivity contribution is -0.147. The van der Waals surface area contributed by atoms with Crippen molar-refractivity contribution in [3.63, 3.8) is 0 Å². The summed E-state index contributed by atoms with van der Waals surface area (Å²) in [7, 11) is -4.75. The first kappa shape index (κ1) is 43.4. The van der Waals surface area contributed by atoms with Gasteiger partial charge in [0.25, 0.3) is 0 Å². The van der Waals surface area contributed by atoms with Crippen molar-refractivity contribution in [3.8, 4) is 0 Å². The molecule has 0 bridgehead atoms. The molecule has 11 nitrogen and oxygen atoms in total. The zero-order valence-electron chi connectivity index (χ0n) is 27.9. The number of hydrogen-bond donors (Lipinski definition) is 4. The van der Waals surface area contributed by atoms with Crippen LogP contribution in [0, 0.1) is 0 Å². The topological polar surface area (TPSA) is 169 Å². The normalized spacial score (nSPS) is 14.7. The maximum Gasteiger partial charge on any atom is 0.472 e. The van der Waals surface area contributed by atoms with Crippen molar-refractivity contribution in [1.82, 2.24) is 5.32 Å². The van der Waals surface area contributed by atoms with E-state index in [4.69, 9.17) is 9.26 Å². The Kier molecular flexibility index (Phi) is 28.2. The number of phosphoric acid groups is 1. The minimum absolute atomic E-state index is 0.0682. The Bertz CT molecular complexity index is 979. The number of carboxylic acid groups (broad SMARTS) is 1. The maximum absolute atomic E-state index is 12.2. The molecule has 264 valence electrons. The van der Waals surface area contributed by atoms with E-state index in [-0.39, 0.29) is 12.8 Å². The third-order valence-electron chi connectivity index (χ3n) is 6.62. The number of ether oxygens (including phenoxy) is 1. The average molecular weight is 672 g/mol. The minimum atomic E-state index is -4.75. The molecule has 0 spiro atoms. The molecule has 0 aliphatic heterocycles. The summed E-state index contributed by atoms with van der Waals surface area (Å²) in [5, 5.41) is 21.5. The molecular formula is C34H58NO10P. The number of unbranched alkanes of at least 4 members (excludes halogenated alkanes) is 8. The van der Waals surface area contributed by atoms with Crippen LogP contribution in [0.5, 0.6) is 0 Å². The summed E-state index contributed by atoms with van der Waals surface area (Å²) in [5.41, 5.74) is 0. The number of aliphatic hydroxyl groups excluding tert-OH is 1. The first-order chi connectivity index (χ1) is 22.1. The average Bonchev–Trinajstić information content (AvgIpc) is 3.02. The van der Waals surface area contributed by atoms with Gasteiger partial charge in [-0.15, -0.1) is 0 Å². The van der Waals surface area contributed by atoms with E-state index in [1.165, 1.54) is 19.3 Å². The number of carboxylic acids is 1. The second kappa shape index (κ2) is 29.8. The molecule has 0 saturated heterocycles. The third-order valence-corrected chi connectivity index (χ3v) is 7.57. The van der Waals surface area contributed by atoms with Gasteiger partial charge in [-0.1, -0.05) is 101 Å². The van der Waals surface area contributed by atoms with E-state index in [1.54, 1.807) is 0 Å². The Balaban J connectivity index is 4.14. The first-order valence-corrected chi connectivity index (χ1v) is 18.2. The van der Waals surface area contributed by atoms with Crippen LogP contribution in [0.15, 0.2) is 48.6 Å². The summed E-state index contributed by atoms with van der Waals surface area (Å²) in [4.78, 5) is 45.2. The molecule has 0 aromatic rings. The SMILES string of the molecule is CCCCC/C=C\C/C=C\C/C=C\C/C=C\CCCC(=O)NC(COP(=O)(O)OCC(O)COC(=O)CCCCCCC)C(=O)O. The molecular weight excluding hydrogens is 613 g/mol. The van der Waals surface area contributed by atoms with Gasteiger partial charge in [-0.25, -0.2) is 9.36 Å². The van der Waals surface area contributed by atoms with Crippen molar-refractivity contribution in [1.29, 1.82) is 0 Å². The molecule has 0 heterocycles. The highest BCUT2D eigenvalue weighted by atomic mass is 31.2. The van der Waals surface area contributed by atoms with Gasteiger partial charge in [0.1, 0.15) is 12.7 Å². The molecule has 3 unspecified atom stereocenters. The first-order valence-electron chi connectivity index (χ1n) is 16.7. The molecule has 0 aliphatic rings. The van der Waals surface area contributed by atoms with Crippen LogP contribution in [0.2, 0.25) is 0 Å². The summed E-state index contributed by atoms with van der Waals surface area (Å²) < 4.78 is 26.4.